The lowest BCUT2D eigenvalue weighted by Gasteiger charge is -2.39. The quantitative estimate of drug-likeness (QED) is 0.350. The zero-order valence-electron chi connectivity index (χ0n) is 22.7. The summed E-state index contributed by atoms with van der Waals surface area (Å²) in [6.07, 6.45) is 6.15. The summed E-state index contributed by atoms with van der Waals surface area (Å²) in [5, 5.41) is 19.8. The molecule has 2 aliphatic rings. The summed E-state index contributed by atoms with van der Waals surface area (Å²) in [6.45, 7) is 5.35. The van der Waals surface area contributed by atoms with Crippen LogP contribution in [0.25, 0.3) is 33.5 Å². The Morgan fingerprint density at radius 3 is 2.62 bits per heavy atom. The van der Waals surface area contributed by atoms with Crippen molar-refractivity contribution >= 4 is 28.1 Å². The standard InChI is InChI=1S/C28H37N7O4/c1-3-34-21-8-7-19(14-20(21)30-22(34)15-38-2)24-25-26(35(18-29-25)23-6-4-5-13-39-23)32-27(31-24)33-11-9-28(16-36,17-37)10-12-33/h7-8,14,18,23,36-37H,3-6,9-13,15-17H2,1-2H3. The number of piperidine rings is 1. The highest BCUT2D eigenvalue weighted by molar-refractivity contribution is 5.92. The number of hydrogen-bond donors (Lipinski definition) is 2. The first-order chi connectivity index (χ1) is 19.1. The van der Waals surface area contributed by atoms with Crippen molar-refractivity contribution in [3.63, 3.8) is 0 Å². The number of benzene rings is 1. The second-order valence-corrected chi connectivity index (χ2v) is 10.7. The molecule has 0 saturated carbocycles. The number of anilines is 1. The molecule has 0 bridgehead atoms. The molecule has 0 spiro atoms. The third-order valence-corrected chi connectivity index (χ3v) is 8.34. The maximum Gasteiger partial charge on any atom is 0.228 e. The summed E-state index contributed by atoms with van der Waals surface area (Å²) in [7, 11) is 1.68. The maximum atomic E-state index is 9.89. The van der Waals surface area contributed by atoms with Gasteiger partial charge in [-0.05, 0) is 51.2 Å². The van der Waals surface area contributed by atoms with Crippen molar-refractivity contribution in [2.75, 3.05) is 44.9 Å². The van der Waals surface area contributed by atoms with Crippen LogP contribution >= 0.6 is 0 Å². The molecule has 2 aliphatic heterocycles. The van der Waals surface area contributed by atoms with E-state index in [1.807, 2.05) is 10.9 Å². The molecule has 1 atom stereocenters. The predicted molar refractivity (Wildman–Crippen MR) is 147 cm³/mol. The molecular weight excluding hydrogens is 498 g/mol. The monoisotopic (exact) mass is 535 g/mol. The molecule has 0 amide bonds. The predicted octanol–water partition coefficient (Wildman–Crippen LogP) is 3.28. The van der Waals surface area contributed by atoms with Gasteiger partial charge in [0.25, 0.3) is 0 Å². The van der Waals surface area contributed by atoms with E-state index in [0.717, 1.165) is 71.7 Å². The molecule has 6 rings (SSSR count). The lowest BCUT2D eigenvalue weighted by atomic mass is 9.80. The van der Waals surface area contributed by atoms with Crippen molar-refractivity contribution in [3.05, 3.63) is 30.4 Å². The summed E-state index contributed by atoms with van der Waals surface area (Å²) < 4.78 is 15.7. The van der Waals surface area contributed by atoms with Crippen molar-refractivity contribution < 1.29 is 19.7 Å². The van der Waals surface area contributed by atoms with E-state index in [0.29, 0.717) is 38.5 Å². The van der Waals surface area contributed by atoms with Gasteiger partial charge in [-0.3, -0.25) is 4.57 Å². The molecular formula is C28H37N7O4. The fourth-order valence-electron chi connectivity index (χ4n) is 5.87. The van der Waals surface area contributed by atoms with E-state index in [1.165, 1.54) is 0 Å². The Hall–Kier alpha value is -3.12. The maximum absolute atomic E-state index is 9.89. The molecule has 5 heterocycles. The van der Waals surface area contributed by atoms with Crippen molar-refractivity contribution in [1.82, 2.24) is 29.1 Å². The van der Waals surface area contributed by atoms with Crippen molar-refractivity contribution in [1.29, 1.82) is 0 Å². The summed E-state index contributed by atoms with van der Waals surface area (Å²) in [5.41, 5.74) is 4.65. The summed E-state index contributed by atoms with van der Waals surface area (Å²) in [6, 6.07) is 6.24. The van der Waals surface area contributed by atoms with Crippen LogP contribution in [-0.2, 0) is 22.6 Å². The smallest absolute Gasteiger partial charge is 0.228 e. The van der Waals surface area contributed by atoms with E-state index < -0.39 is 5.41 Å². The van der Waals surface area contributed by atoms with Gasteiger partial charge in [-0.1, -0.05) is 6.07 Å². The Labute approximate surface area is 227 Å². The number of rotatable bonds is 8. The van der Waals surface area contributed by atoms with Gasteiger partial charge >= 0.3 is 0 Å². The number of imidazole rings is 2. The van der Waals surface area contributed by atoms with Crippen LogP contribution in [0.1, 0.15) is 51.1 Å². The van der Waals surface area contributed by atoms with Crippen molar-refractivity contribution in [2.45, 2.75) is 58.4 Å². The lowest BCUT2D eigenvalue weighted by Crippen LogP contribution is -2.44. The van der Waals surface area contributed by atoms with Gasteiger partial charge in [0.05, 0.1) is 30.6 Å². The number of aryl methyl sites for hydroxylation is 1. The number of nitrogens with zero attached hydrogens (tertiary/aromatic N) is 7. The van der Waals surface area contributed by atoms with Crippen LogP contribution in [0.3, 0.4) is 0 Å². The Balaban J connectivity index is 1.46. The highest BCUT2D eigenvalue weighted by Gasteiger charge is 2.35. The molecule has 3 aromatic heterocycles. The fourth-order valence-corrected chi connectivity index (χ4v) is 5.87. The van der Waals surface area contributed by atoms with Gasteiger partial charge in [0.15, 0.2) is 5.65 Å². The molecule has 2 saturated heterocycles. The van der Waals surface area contributed by atoms with Crippen LogP contribution < -0.4 is 4.90 Å². The van der Waals surface area contributed by atoms with E-state index in [1.54, 1.807) is 7.11 Å². The number of aromatic nitrogens is 6. The molecule has 2 fully saturated rings. The molecule has 11 nitrogen and oxygen atoms in total. The molecule has 0 radical (unpaired) electrons. The average Bonchev–Trinajstić information content (AvgIpc) is 3.58. The van der Waals surface area contributed by atoms with Gasteiger partial charge in [0.2, 0.25) is 5.95 Å². The average molecular weight is 536 g/mol. The third-order valence-electron chi connectivity index (χ3n) is 8.34. The second-order valence-electron chi connectivity index (χ2n) is 10.7. The molecule has 4 aromatic rings. The van der Waals surface area contributed by atoms with Gasteiger partial charge in [0.1, 0.15) is 29.9 Å². The molecule has 1 unspecified atom stereocenters. The minimum absolute atomic E-state index is 0.0241. The topological polar surface area (TPSA) is 124 Å². The number of ether oxygens (including phenoxy) is 2. The van der Waals surface area contributed by atoms with E-state index in [-0.39, 0.29) is 19.4 Å². The molecule has 0 aliphatic carbocycles. The van der Waals surface area contributed by atoms with Crippen LogP contribution in [0.5, 0.6) is 0 Å². The lowest BCUT2D eigenvalue weighted by molar-refractivity contribution is -0.0298. The number of fused-ring (bicyclic) bond motifs is 2. The van der Waals surface area contributed by atoms with Gasteiger partial charge in [0, 0.05) is 44.3 Å². The van der Waals surface area contributed by atoms with Crippen LogP contribution in [0.2, 0.25) is 0 Å². The molecule has 39 heavy (non-hydrogen) atoms. The van der Waals surface area contributed by atoms with Gasteiger partial charge in [-0.15, -0.1) is 0 Å². The first-order valence-electron chi connectivity index (χ1n) is 13.9. The number of hydrogen-bond acceptors (Lipinski definition) is 9. The van der Waals surface area contributed by atoms with Gasteiger partial charge in [-0.2, -0.15) is 4.98 Å². The normalized spacial score (nSPS) is 19.8. The van der Waals surface area contributed by atoms with Crippen molar-refractivity contribution in [2.24, 2.45) is 5.41 Å². The minimum Gasteiger partial charge on any atom is -0.396 e. The van der Waals surface area contributed by atoms with Crippen LogP contribution in [-0.4, -0.2) is 79.3 Å². The number of aliphatic hydroxyl groups is 2. The molecule has 2 N–H and O–H groups in total. The number of aliphatic hydroxyl groups excluding tert-OH is 2. The van der Waals surface area contributed by atoms with E-state index in [9.17, 15) is 10.2 Å². The molecule has 208 valence electrons. The SMILES string of the molecule is CCn1c(COC)nc2cc(-c3nc(N4CCC(CO)(CO)CC4)nc4c3ncn4C3CCCCO3)ccc21. The Morgan fingerprint density at radius 2 is 1.92 bits per heavy atom. The Morgan fingerprint density at radius 1 is 1.10 bits per heavy atom. The van der Waals surface area contributed by atoms with Crippen LogP contribution in [0, 0.1) is 5.41 Å². The fraction of sp³-hybridized carbons (Fsp3) is 0.571. The van der Waals surface area contributed by atoms with Gasteiger partial charge in [-0.25, -0.2) is 15.0 Å². The second kappa shape index (κ2) is 10.8. The Bertz CT molecular complexity index is 1450. The van der Waals surface area contributed by atoms with E-state index in [2.05, 4.69) is 34.6 Å². The van der Waals surface area contributed by atoms with Gasteiger partial charge < -0.3 is 29.2 Å². The summed E-state index contributed by atoms with van der Waals surface area (Å²) in [4.78, 5) is 21.9. The molecule has 1 aromatic carbocycles. The van der Waals surface area contributed by atoms with Crippen LogP contribution in [0.4, 0.5) is 5.95 Å². The zero-order chi connectivity index (χ0) is 27.0. The zero-order valence-corrected chi connectivity index (χ0v) is 22.7. The van der Waals surface area contributed by atoms with Crippen molar-refractivity contribution in [3.8, 4) is 11.3 Å². The summed E-state index contributed by atoms with van der Waals surface area (Å²) in [5.74, 6) is 1.52. The molecule has 11 heteroatoms. The highest BCUT2D eigenvalue weighted by atomic mass is 16.5. The minimum atomic E-state index is -0.454. The van der Waals surface area contributed by atoms with E-state index >= 15 is 0 Å². The Kier molecular flexibility index (Phi) is 7.23. The highest BCUT2D eigenvalue weighted by Crippen LogP contribution is 2.36. The summed E-state index contributed by atoms with van der Waals surface area (Å²) >= 11 is 0. The first kappa shape index (κ1) is 26.1. The van der Waals surface area contributed by atoms with Crippen LogP contribution in [0.15, 0.2) is 24.5 Å². The van der Waals surface area contributed by atoms with E-state index in [4.69, 9.17) is 29.4 Å². The first-order valence-corrected chi connectivity index (χ1v) is 13.9. The number of methoxy groups -OCH3 is 1. The third kappa shape index (κ3) is 4.67. The largest absolute Gasteiger partial charge is 0.396 e.